The molecule has 0 atom stereocenters. The van der Waals surface area contributed by atoms with Crippen LogP contribution in [-0.4, -0.2) is 59.0 Å². The first-order valence-corrected chi connectivity index (χ1v) is 15.5. The summed E-state index contributed by atoms with van der Waals surface area (Å²) in [5, 5.41) is 4.17. The van der Waals surface area contributed by atoms with Gasteiger partial charge in [0.2, 0.25) is 5.95 Å². The van der Waals surface area contributed by atoms with Crippen molar-refractivity contribution in [3.63, 3.8) is 0 Å². The third kappa shape index (κ3) is 6.00. The predicted molar refractivity (Wildman–Crippen MR) is 163 cm³/mol. The molecule has 0 unspecified atom stereocenters. The van der Waals surface area contributed by atoms with E-state index in [1.165, 1.54) is 24.3 Å². The zero-order valence-corrected chi connectivity index (χ0v) is 25.2. The molecule has 42 heavy (non-hydrogen) atoms. The molecule has 1 saturated carbocycles. The molecule has 0 saturated heterocycles. The summed E-state index contributed by atoms with van der Waals surface area (Å²) in [6.45, 7) is 5.54. The molecule has 0 aliphatic heterocycles. The Bertz CT molecular complexity index is 1780. The van der Waals surface area contributed by atoms with Crippen molar-refractivity contribution < 1.29 is 12.8 Å². The highest BCUT2D eigenvalue weighted by Gasteiger charge is 2.24. The Balaban J connectivity index is 1.45. The summed E-state index contributed by atoms with van der Waals surface area (Å²) in [5.41, 5.74) is 1.68. The fourth-order valence-corrected chi connectivity index (χ4v) is 6.62. The summed E-state index contributed by atoms with van der Waals surface area (Å²) >= 11 is 0. The van der Waals surface area contributed by atoms with Crippen LogP contribution in [0, 0.1) is 12.7 Å². The highest BCUT2D eigenvalue weighted by atomic mass is 32.2. The molecule has 3 aromatic heterocycles. The number of pyridine rings is 2. The van der Waals surface area contributed by atoms with E-state index in [4.69, 9.17) is 4.98 Å². The summed E-state index contributed by atoms with van der Waals surface area (Å²) < 4.78 is 43.6. The van der Waals surface area contributed by atoms with Crippen molar-refractivity contribution in [2.24, 2.45) is 0 Å². The van der Waals surface area contributed by atoms with Crippen LogP contribution in [0.3, 0.4) is 0 Å². The molecule has 0 radical (unpaired) electrons. The predicted octanol–water partition coefficient (Wildman–Crippen LogP) is 4.97. The molecule has 0 spiro atoms. The molecule has 3 heterocycles. The number of rotatable bonds is 8. The standard InChI is InChI=1S/C30H36FN7O3S/c1-18(2)38-28-20(17-32-30(35-28)34-21-10-12-22(13-11-21)37(4)5)16-24(29(38)39)23-14-15-27(33-19(23)3)36-42(40,41)26-9-7-6-8-25(26)31/h6-9,14-18,21-22H,10-13H2,1-5H3,(H,33,36)(H,32,34,35). The maximum atomic E-state index is 14.1. The van der Waals surface area contributed by atoms with Crippen molar-refractivity contribution in [2.45, 2.75) is 69.5 Å². The van der Waals surface area contributed by atoms with Crippen LogP contribution >= 0.6 is 0 Å². The zero-order chi connectivity index (χ0) is 30.2. The lowest BCUT2D eigenvalue weighted by Crippen LogP contribution is -2.36. The largest absolute Gasteiger partial charge is 0.351 e. The van der Waals surface area contributed by atoms with Gasteiger partial charge in [0, 0.05) is 46.5 Å². The minimum Gasteiger partial charge on any atom is -0.351 e. The maximum absolute atomic E-state index is 14.1. The van der Waals surface area contributed by atoms with Gasteiger partial charge in [-0.3, -0.25) is 14.1 Å². The van der Waals surface area contributed by atoms with Crippen LogP contribution < -0.4 is 15.6 Å². The molecule has 1 fully saturated rings. The molecule has 12 heteroatoms. The Kier molecular flexibility index (Phi) is 8.29. The number of hydrogen-bond acceptors (Lipinski definition) is 8. The van der Waals surface area contributed by atoms with Gasteiger partial charge in [0.15, 0.2) is 0 Å². The summed E-state index contributed by atoms with van der Waals surface area (Å²) in [7, 11) is 0.0410. The Labute approximate surface area is 245 Å². The van der Waals surface area contributed by atoms with E-state index in [2.05, 4.69) is 39.0 Å². The van der Waals surface area contributed by atoms with E-state index >= 15 is 0 Å². The fourth-order valence-electron chi connectivity index (χ4n) is 5.54. The quantitative estimate of drug-likeness (QED) is 0.294. The van der Waals surface area contributed by atoms with Crippen LogP contribution in [-0.2, 0) is 10.0 Å². The molecule has 1 aliphatic rings. The Morgan fingerprint density at radius 1 is 1.02 bits per heavy atom. The number of nitrogens with one attached hydrogen (secondary N) is 2. The van der Waals surface area contributed by atoms with Gasteiger partial charge < -0.3 is 10.2 Å². The lowest BCUT2D eigenvalue weighted by molar-refractivity contribution is 0.221. The normalized spacial score (nSPS) is 17.6. The van der Waals surface area contributed by atoms with Gasteiger partial charge in [0.1, 0.15) is 22.2 Å². The summed E-state index contributed by atoms with van der Waals surface area (Å²) in [4.78, 5) is 29.3. The van der Waals surface area contributed by atoms with Gasteiger partial charge >= 0.3 is 0 Å². The van der Waals surface area contributed by atoms with Crippen molar-refractivity contribution in [3.8, 4) is 11.1 Å². The average Bonchev–Trinajstić information content (AvgIpc) is 2.93. The number of hydrogen-bond donors (Lipinski definition) is 2. The highest BCUT2D eigenvalue weighted by molar-refractivity contribution is 7.92. The number of aryl methyl sites for hydroxylation is 1. The molecule has 10 nitrogen and oxygen atoms in total. The van der Waals surface area contributed by atoms with Crippen LogP contribution in [0.15, 0.2) is 58.4 Å². The van der Waals surface area contributed by atoms with Crippen molar-refractivity contribution in [1.29, 1.82) is 0 Å². The molecule has 2 N–H and O–H groups in total. The first-order valence-electron chi connectivity index (χ1n) is 14.0. The van der Waals surface area contributed by atoms with Crippen LogP contribution in [0.2, 0.25) is 0 Å². The van der Waals surface area contributed by atoms with Gasteiger partial charge in [-0.25, -0.2) is 22.8 Å². The zero-order valence-electron chi connectivity index (χ0n) is 24.4. The Hall–Kier alpha value is -3.90. The lowest BCUT2D eigenvalue weighted by atomic mass is 9.91. The van der Waals surface area contributed by atoms with E-state index < -0.39 is 20.7 Å². The van der Waals surface area contributed by atoms with Gasteiger partial charge in [-0.1, -0.05) is 12.1 Å². The average molecular weight is 594 g/mol. The second-order valence-electron chi connectivity index (χ2n) is 11.3. The molecule has 0 amide bonds. The van der Waals surface area contributed by atoms with Crippen LogP contribution in [0.5, 0.6) is 0 Å². The molecule has 1 aromatic carbocycles. The molecule has 0 bridgehead atoms. The monoisotopic (exact) mass is 593 g/mol. The number of aromatic nitrogens is 4. The number of anilines is 2. The van der Waals surface area contributed by atoms with E-state index in [1.807, 2.05) is 13.8 Å². The SMILES string of the molecule is Cc1nc(NS(=O)(=O)c2ccccc2F)ccc1-c1cc2cnc(NC3CCC(N(C)C)CC3)nc2n(C(C)C)c1=O. The third-order valence-electron chi connectivity index (χ3n) is 7.79. The van der Waals surface area contributed by atoms with Gasteiger partial charge in [-0.2, -0.15) is 4.98 Å². The molecule has 222 valence electrons. The second-order valence-corrected chi connectivity index (χ2v) is 12.9. The van der Waals surface area contributed by atoms with Gasteiger partial charge in [0.05, 0.1) is 0 Å². The number of benzene rings is 1. The highest BCUT2D eigenvalue weighted by Crippen LogP contribution is 2.28. The number of fused-ring (bicyclic) bond motifs is 1. The summed E-state index contributed by atoms with van der Waals surface area (Å²) in [6, 6.07) is 10.6. The number of nitrogens with zero attached hydrogens (tertiary/aromatic N) is 5. The minimum atomic E-state index is -4.19. The van der Waals surface area contributed by atoms with E-state index in [0.717, 1.165) is 31.7 Å². The summed E-state index contributed by atoms with van der Waals surface area (Å²) in [6.07, 6.45) is 5.99. The van der Waals surface area contributed by atoms with Crippen LogP contribution in [0.4, 0.5) is 16.2 Å². The van der Waals surface area contributed by atoms with Crippen molar-refractivity contribution in [3.05, 3.63) is 70.5 Å². The lowest BCUT2D eigenvalue weighted by Gasteiger charge is -2.33. The topological polar surface area (TPSA) is 122 Å². The second kappa shape index (κ2) is 11.8. The van der Waals surface area contributed by atoms with Gasteiger partial charge in [-0.15, -0.1) is 0 Å². The fraction of sp³-hybridized carbons (Fsp3) is 0.400. The minimum absolute atomic E-state index is 0.0168. The smallest absolute Gasteiger partial charge is 0.265 e. The van der Waals surface area contributed by atoms with E-state index in [9.17, 15) is 17.6 Å². The van der Waals surface area contributed by atoms with E-state index in [1.54, 1.807) is 29.8 Å². The van der Waals surface area contributed by atoms with E-state index in [0.29, 0.717) is 39.8 Å². The molecular formula is C30H36FN7O3S. The first kappa shape index (κ1) is 29.6. The van der Waals surface area contributed by atoms with Gasteiger partial charge in [0.25, 0.3) is 15.6 Å². The van der Waals surface area contributed by atoms with Crippen molar-refractivity contribution >= 4 is 32.8 Å². The maximum Gasteiger partial charge on any atom is 0.265 e. The van der Waals surface area contributed by atoms with Crippen molar-refractivity contribution in [1.82, 2.24) is 24.4 Å². The van der Waals surface area contributed by atoms with Crippen LogP contribution in [0.1, 0.15) is 51.3 Å². The first-order chi connectivity index (χ1) is 19.9. The van der Waals surface area contributed by atoms with Crippen molar-refractivity contribution in [2.75, 3.05) is 24.1 Å². The molecule has 1 aliphatic carbocycles. The third-order valence-corrected chi connectivity index (χ3v) is 9.18. The molecular weight excluding hydrogens is 557 g/mol. The Morgan fingerprint density at radius 2 is 1.74 bits per heavy atom. The Morgan fingerprint density at radius 3 is 2.38 bits per heavy atom. The number of sulfonamides is 1. The van der Waals surface area contributed by atoms with Crippen LogP contribution in [0.25, 0.3) is 22.2 Å². The summed E-state index contributed by atoms with van der Waals surface area (Å²) in [5.74, 6) is -0.342. The molecule has 5 rings (SSSR count). The van der Waals surface area contributed by atoms with E-state index in [-0.39, 0.29) is 23.5 Å². The van der Waals surface area contributed by atoms with Gasteiger partial charge in [-0.05, 0) is 90.9 Å². The molecule has 4 aromatic rings. The number of halogens is 1.